The molecular weight excluding hydrogens is 222 g/mol. The summed E-state index contributed by atoms with van der Waals surface area (Å²) in [6.45, 7) is 6.05. The van der Waals surface area contributed by atoms with E-state index in [9.17, 15) is 0 Å². The van der Waals surface area contributed by atoms with Crippen molar-refractivity contribution in [3.05, 3.63) is 29.3 Å². The van der Waals surface area contributed by atoms with Gasteiger partial charge in [-0.25, -0.2) is 0 Å². The van der Waals surface area contributed by atoms with Crippen molar-refractivity contribution in [1.82, 2.24) is 4.90 Å². The maximum absolute atomic E-state index is 5.87. The van der Waals surface area contributed by atoms with E-state index >= 15 is 0 Å². The first-order valence-electron chi connectivity index (χ1n) is 7.30. The third kappa shape index (κ3) is 3.05. The van der Waals surface area contributed by atoms with Gasteiger partial charge in [0.25, 0.3) is 0 Å². The average Bonchev–Trinajstić information content (AvgIpc) is 3.09. The first kappa shape index (κ1) is 12.0. The Morgan fingerprint density at radius 2 is 2.11 bits per heavy atom. The summed E-state index contributed by atoms with van der Waals surface area (Å²) in [6, 6.07) is 6.70. The molecule has 0 amide bonds. The molecule has 0 unspecified atom stereocenters. The second-order valence-corrected chi connectivity index (χ2v) is 5.72. The van der Waals surface area contributed by atoms with E-state index in [-0.39, 0.29) is 0 Å². The summed E-state index contributed by atoms with van der Waals surface area (Å²) >= 11 is 0. The van der Waals surface area contributed by atoms with Gasteiger partial charge in [0, 0.05) is 0 Å². The molecule has 1 aliphatic carbocycles. The highest BCUT2D eigenvalue weighted by Crippen LogP contribution is 2.29. The summed E-state index contributed by atoms with van der Waals surface area (Å²) < 4.78 is 5.87. The molecule has 1 saturated heterocycles. The number of hydrogen-bond donors (Lipinski definition) is 0. The van der Waals surface area contributed by atoms with Gasteiger partial charge < -0.3 is 9.64 Å². The highest BCUT2D eigenvalue weighted by molar-refractivity contribution is 5.36. The Morgan fingerprint density at radius 1 is 1.28 bits per heavy atom. The number of hydrogen-bond acceptors (Lipinski definition) is 2. The van der Waals surface area contributed by atoms with Crippen LogP contribution in [-0.2, 0) is 6.42 Å². The van der Waals surface area contributed by atoms with Gasteiger partial charge in [-0.2, -0.15) is 0 Å². The zero-order chi connectivity index (χ0) is 12.4. The maximum Gasteiger partial charge on any atom is 0.122 e. The molecule has 3 rings (SSSR count). The van der Waals surface area contributed by atoms with Gasteiger partial charge in [0.2, 0.25) is 0 Å². The van der Waals surface area contributed by atoms with Crippen LogP contribution in [0.1, 0.15) is 36.8 Å². The molecule has 2 aliphatic rings. The van der Waals surface area contributed by atoms with Gasteiger partial charge in [-0.05, 0) is 75.9 Å². The van der Waals surface area contributed by atoms with Crippen LogP contribution in [0.3, 0.4) is 0 Å². The molecule has 0 bridgehead atoms. The number of likely N-dealkylation sites (tertiary alicyclic amines) is 1. The van der Waals surface area contributed by atoms with Crippen LogP contribution in [0.2, 0.25) is 0 Å². The Kier molecular flexibility index (Phi) is 3.55. The normalized spacial score (nSPS) is 19.6. The Hall–Kier alpha value is -1.02. The second-order valence-electron chi connectivity index (χ2n) is 5.72. The van der Waals surface area contributed by atoms with E-state index in [1.165, 1.54) is 62.9 Å². The molecule has 0 spiro atoms. The van der Waals surface area contributed by atoms with E-state index in [1.54, 1.807) is 0 Å². The van der Waals surface area contributed by atoms with Gasteiger partial charge in [0.1, 0.15) is 5.75 Å². The van der Waals surface area contributed by atoms with Gasteiger partial charge in [-0.1, -0.05) is 12.1 Å². The molecule has 2 heteroatoms. The Morgan fingerprint density at radius 3 is 2.72 bits per heavy atom. The standard InChI is InChI=1S/C16H23NO/c1-13-12-14(4-2-9-17-10-3-11-17)5-8-16(13)18-15-6-7-15/h5,8,12,15H,2-4,6-7,9-11H2,1H3. The third-order valence-electron chi connectivity index (χ3n) is 3.95. The average molecular weight is 245 g/mol. The summed E-state index contributed by atoms with van der Waals surface area (Å²) in [4.78, 5) is 2.54. The largest absolute Gasteiger partial charge is 0.490 e. The van der Waals surface area contributed by atoms with Gasteiger partial charge in [-0.3, -0.25) is 0 Å². The molecule has 0 aromatic heterocycles. The minimum Gasteiger partial charge on any atom is -0.490 e. The summed E-state index contributed by atoms with van der Waals surface area (Å²) in [6.07, 6.45) is 6.84. The summed E-state index contributed by atoms with van der Waals surface area (Å²) in [7, 11) is 0. The van der Waals surface area contributed by atoms with Crippen molar-refractivity contribution in [2.75, 3.05) is 19.6 Å². The number of benzene rings is 1. The van der Waals surface area contributed by atoms with Crippen LogP contribution in [-0.4, -0.2) is 30.6 Å². The first-order chi connectivity index (χ1) is 8.81. The number of rotatable bonds is 6. The van der Waals surface area contributed by atoms with Gasteiger partial charge >= 0.3 is 0 Å². The molecule has 1 aromatic rings. The van der Waals surface area contributed by atoms with Crippen LogP contribution in [0.4, 0.5) is 0 Å². The second kappa shape index (κ2) is 5.31. The van der Waals surface area contributed by atoms with Crippen molar-refractivity contribution in [3.63, 3.8) is 0 Å². The summed E-state index contributed by atoms with van der Waals surface area (Å²) in [5.74, 6) is 1.09. The SMILES string of the molecule is Cc1cc(CCCN2CCC2)ccc1OC1CC1. The van der Waals surface area contributed by atoms with Crippen LogP contribution in [0.15, 0.2) is 18.2 Å². The smallest absolute Gasteiger partial charge is 0.122 e. The highest BCUT2D eigenvalue weighted by atomic mass is 16.5. The Balaban J connectivity index is 1.50. The van der Waals surface area contributed by atoms with Crippen LogP contribution in [0.5, 0.6) is 5.75 Å². The number of ether oxygens (including phenoxy) is 1. The van der Waals surface area contributed by atoms with Crippen molar-refractivity contribution >= 4 is 0 Å². The lowest BCUT2D eigenvalue weighted by Crippen LogP contribution is -2.37. The fraction of sp³-hybridized carbons (Fsp3) is 0.625. The molecule has 2 fully saturated rings. The van der Waals surface area contributed by atoms with Crippen molar-refractivity contribution < 1.29 is 4.74 Å². The van der Waals surface area contributed by atoms with Gasteiger partial charge in [0.05, 0.1) is 6.10 Å². The Labute approximate surface area is 110 Å². The van der Waals surface area contributed by atoms with Crippen LogP contribution < -0.4 is 4.74 Å². The topological polar surface area (TPSA) is 12.5 Å². The minimum atomic E-state index is 0.501. The molecular formula is C16H23NO. The molecule has 0 radical (unpaired) electrons. The van der Waals surface area contributed by atoms with Crippen molar-refractivity contribution in [2.45, 2.75) is 45.1 Å². The molecule has 0 atom stereocenters. The molecule has 18 heavy (non-hydrogen) atoms. The zero-order valence-corrected chi connectivity index (χ0v) is 11.3. The fourth-order valence-corrected chi connectivity index (χ4v) is 2.48. The lowest BCUT2D eigenvalue weighted by Gasteiger charge is -2.30. The predicted octanol–water partition coefficient (Wildman–Crippen LogP) is 3.17. The van der Waals surface area contributed by atoms with E-state index in [4.69, 9.17) is 4.74 Å². The number of nitrogens with zero attached hydrogens (tertiary/aromatic N) is 1. The predicted molar refractivity (Wildman–Crippen MR) is 74.2 cm³/mol. The maximum atomic E-state index is 5.87. The minimum absolute atomic E-state index is 0.501. The molecule has 0 N–H and O–H groups in total. The molecule has 2 nitrogen and oxygen atoms in total. The van der Waals surface area contributed by atoms with Crippen LogP contribution in [0.25, 0.3) is 0 Å². The van der Waals surface area contributed by atoms with E-state index in [0.717, 1.165) is 5.75 Å². The molecule has 1 saturated carbocycles. The first-order valence-corrected chi connectivity index (χ1v) is 7.30. The van der Waals surface area contributed by atoms with Crippen molar-refractivity contribution in [1.29, 1.82) is 0 Å². The monoisotopic (exact) mass is 245 g/mol. The summed E-state index contributed by atoms with van der Waals surface area (Å²) in [5, 5.41) is 0. The Bertz CT molecular complexity index is 408. The molecule has 1 aliphatic heterocycles. The zero-order valence-electron chi connectivity index (χ0n) is 11.3. The van der Waals surface area contributed by atoms with E-state index in [1.807, 2.05) is 0 Å². The van der Waals surface area contributed by atoms with Crippen molar-refractivity contribution in [2.24, 2.45) is 0 Å². The fourth-order valence-electron chi connectivity index (χ4n) is 2.48. The quantitative estimate of drug-likeness (QED) is 0.763. The highest BCUT2D eigenvalue weighted by Gasteiger charge is 2.24. The van der Waals surface area contributed by atoms with Gasteiger partial charge in [0.15, 0.2) is 0 Å². The summed E-state index contributed by atoms with van der Waals surface area (Å²) in [5.41, 5.74) is 2.75. The van der Waals surface area contributed by atoms with Crippen LogP contribution >= 0.6 is 0 Å². The lowest BCUT2D eigenvalue weighted by molar-refractivity contribution is 0.179. The van der Waals surface area contributed by atoms with Crippen molar-refractivity contribution in [3.8, 4) is 5.75 Å². The lowest BCUT2D eigenvalue weighted by atomic mass is 10.1. The van der Waals surface area contributed by atoms with Gasteiger partial charge in [-0.15, -0.1) is 0 Å². The number of aryl methyl sites for hydroxylation is 2. The molecule has 1 aromatic carbocycles. The molecule has 98 valence electrons. The third-order valence-corrected chi connectivity index (χ3v) is 3.95. The van der Waals surface area contributed by atoms with E-state index in [0.29, 0.717) is 6.10 Å². The van der Waals surface area contributed by atoms with Crippen LogP contribution in [0, 0.1) is 6.92 Å². The molecule has 1 heterocycles. The van der Waals surface area contributed by atoms with E-state index < -0.39 is 0 Å². The van der Waals surface area contributed by atoms with E-state index in [2.05, 4.69) is 30.0 Å².